The zero-order valence-corrected chi connectivity index (χ0v) is 22.5. The summed E-state index contributed by atoms with van der Waals surface area (Å²) in [6.07, 6.45) is 2.44. The van der Waals surface area contributed by atoms with E-state index < -0.39 is 33.2 Å². The van der Waals surface area contributed by atoms with Crippen molar-refractivity contribution < 1.29 is 27.1 Å². The van der Waals surface area contributed by atoms with Crippen molar-refractivity contribution in [2.24, 2.45) is 0 Å². The van der Waals surface area contributed by atoms with Crippen LogP contribution in [-0.4, -0.2) is 42.6 Å². The maximum Gasteiger partial charge on any atom is 0.271 e. The summed E-state index contributed by atoms with van der Waals surface area (Å²) in [5.74, 6) is -1.05. The summed E-state index contributed by atoms with van der Waals surface area (Å²) in [6, 6.07) is 19.0. The summed E-state index contributed by atoms with van der Waals surface area (Å²) in [4.78, 5) is 33.2. The molecule has 202 valence electrons. The van der Waals surface area contributed by atoms with Crippen molar-refractivity contribution in [3.63, 3.8) is 0 Å². The van der Waals surface area contributed by atoms with Crippen molar-refractivity contribution >= 4 is 55.0 Å². The fourth-order valence-electron chi connectivity index (χ4n) is 5.26. The molecular formula is C29H23FN4O5S. The van der Waals surface area contributed by atoms with E-state index >= 15 is 0 Å². The molecule has 2 amide bonds. The first-order valence-electron chi connectivity index (χ1n) is 12.2. The van der Waals surface area contributed by atoms with E-state index in [9.17, 15) is 22.4 Å². The molecule has 1 aliphatic rings. The van der Waals surface area contributed by atoms with Crippen molar-refractivity contribution in [3.05, 3.63) is 96.1 Å². The third-order valence-electron chi connectivity index (χ3n) is 7.14. The highest BCUT2D eigenvalue weighted by Gasteiger charge is 2.49. The van der Waals surface area contributed by atoms with Gasteiger partial charge in [-0.1, -0.05) is 18.2 Å². The molecule has 0 spiro atoms. The number of aromatic nitrogens is 2. The number of pyridine rings is 1. The standard InChI is InChI=1S/C29H23FN4O5S/c1-29(22-14-19(39-2)12-13-25(22)33(28(29)36)18-10-8-17(30)9-11-18)32-27(35)23-15-21-20-6-4-5-7-24(20)34(40(3,37)38)26(21)16-31-23/h4-16H,1-3H3,(H,32,35)/t29-/m0/s1. The van der Waals surface area contributed by atoms with Gasteiger partial charge in [-0.25, -0.2) is 21.8 Å². The summed E-state index contributed by atoms with van der Waals surface area (Å²) in [5.41, 5.74) is 0.720. The van der Waals surface area contributed by atoms with Crippen LogP contribution in [0.5, 0.6) is 5.75 Å². The van der Waals surface area contributed by atoms with Crippen molar-refractivity contribution in [2.45, 2.75) is 12.5 Å². The summed E-state index contributed by atoms with van der Waals surface area (Å²) < 4.78 is 45.3. The molecule has 0 fully saturated rings. The predicted octanol–water partition coefficient (Wildman–Crippen LogP) is 4.47. The molecule has 0 saturated heterocycles. The van der Waals surface area contributed by atoms with Crippen LogP contribution < -0.4 is 15.0 Å². The third-order valence-corrected chi connectivity index (χ3v) is 8.20. The lowest BCUT2D eigenvalue weighted by Gasteiger charge is -2.26. The minimum atomic E-state index is -3.67. The summed E-state index contributed by atoms with van der Waals surface area (Å²) in [5, 5.41) is 4.01. The molecule has 0 unspecified atom stereocenters. The quantitative estimate of drug-likeness (QED) is 0.341. The van der Waals surface area contributed by atoms with E-state index in [-0.39, 0.29) is 5.69 Å². The Balaban J connectivity index is 1.45. The Bertz CT molecular complexity index is 1970. The highest BCUT2D eigenvalue weighted by atomic mass is 32.2. The Labute approximate surface area is 228 Å². The van der Waals surface area contributed by atoms with Crippen LogP contribution in [0.25, 0.3) is 21.8 Å². The van der Waals surface area contributed by atoms with E-state index in [0.717, 1.165) is 6.26 Å². The number of methoxy groups -OCH3 is 1. The van der Waals surface area contributed by atoms with E-state index in [4.69, 9.17) is 4.74 Å². The molecule has 1 atom stereocenters. The molecule has 3 aromatic carbocycles. The van der Waals surface area contributed by atoms with Crippen LogP contribution in [0.2, 0.25) is 0 Å². The Morgan fingerprint density at radius 1 is 1.00 bits per heavy atom. The van der Waals surface area contributed by atoms with Gasteiger partial charge in [-0.05, 0) is 61.5 Å². The molecule has 3 heterocycles. The third kappa shape index (κ3) is 3.81. The molecule has 5 aromatic rings. The molecule has 0 radical (unpaired) electrons. The molecule has 1 N–H and O–H groups in total. The fraction of sp³-hybridized carbons (Fsp3) is 0.138. The van der Waals surface area contributed by atoms with Crippen molar-refractivity contribution in [2.75, 3.05) is 18.3 Å². The summed E-state index contributed by atoms with van der Waals surface area (Å²) in [6.45, 7) is 1.59. The number of nitrogens with zero attached hydrogens (tertiary/aromatic N) is 3. The smallest absolute Gasteiger partial charge is 0.271 e. The van der Waals surface area contributed by atoms with Gasteiger partial charge in [0.15, 0.2) is 0 Å². The minimum absolute atomic E-state index is 0.00241. The van der Waals surface area contributed by atoms with Gasteiger partial charge in [0, 0.05) is 22.0 Å². The number of anilines is 2. The minimum Gasteiger partial charge on any atom is -0.497 e. The normalized spacial score (nSPS) is 16.9. The van der Waals surface area contributed by atoms with E-state index in [2.05, 4.69) is 10.3 Å². The van der Waals surface area contributed by atoms with Crippen LogP contribution in [0, 0.1) is 5.82 Å². The SMILES string of the molecule is COc1ccc2c(c1)[C@](C)(NC(=O)c1cc3c4ccccc4n(S(C)(=O)=O)c3cn1)C(=O)N2c1ccc(F)cc1. The number of ether oxygens (including phenoxy) is 1. The molecule has 6 rings (SSSR count). The topological polar surface area (TPSA) is 111 Å². The van der Waals surface area contributed by atoms with Gasteiger partial charge in [0.25, 0.3) is 11.8 Å². The van der Waals surface area contributed by atoms with Crippen molar-refractivity contribution in [1.82, 2.24) is 14.3 Å². The Kier molecular flexibility index (Phi) is 5.66. The number of carbonyl (C=O) groups excluding carboxylic acids is 2. The number of para-hydroxylation sites is 1. The second-order valence-electron chi connectivity index (χ2n) is 9.71. The fourth-order valence-corrected chi connectivity index (χ4v) is 6.28. The van der Waals surface area contributed by atoms with Gasteiger partial charge < -0.3 is 10.1 Å². The predicted molar refractivity (Wildman–Crippen MR) is 149 cm³/mol. The number of amides is 2. The number of nitrogens with one attached hydrogen (secondary N) is 1. The second-order valence-corrected chi connectivity index (χ2v) is 11.5. The van der Waals surface area contributed by atoms with Crippen LogP contribution in [0.3, 0.4) is 0 Å². The van der Waals surface area contributed by atoms with Gasteiger partial charge in [0.05, 0.1) is 36.3 Å². The first-order chi connectivity index (χ1) is 19.0. The molecule has 0 saturated carbocycles. The van der Waals surface area contributed by atoms with Gasteiger partial charge in [-0.3, -0.25) is 14.5 Å². The van der Waals surface area contributed by atoms with Crippen LogP contribution in [0.15, 0.2) is 79.0 Å². The highest BCUT2D eigenvalue weighted by Crippen LogP contribution is 2.45. The zero-order valence-electron chi connectivity index (χ0n) is 21.7. The van der Waals surface area contributed by atoms with Gasteiger partial charge in [-0.2, -0.15) is 0 Å². The van der Waals surface area contributed by atoms with E-state index in [0.29, 0.717) is 44.5 Å². The number of rotatable bonds is 5. The zero-order chi connectivity index (χ0) is 28.4. The molecule has 11 heteroatoms. The lowest BCUT2D eigenvalue weighted by atomic mass is 9.93. The summed E-state index contributed by atoms with van der Waals surface area (Å²) >= 11 is 0. The van der Waals surface area contributed by atoms with Crippen LogP contribution in [-0.2, 0) is 20.4 Å². The molecule has 1 aliphatic heterocycles. The number of hydrogen-bond donors (Lipinski definition) is 1. The molecule has 9 nitrogen and oxygen atoms in total. The largest absolute Gasteiger partial charge is 0.497 e. The van der Waals surface area contributed by atoms with Crippen LogP contribution >= 0.6 is 0 Å². The average molecular weight is 559 g/mol. The Morgan fingerprint density at radius 2 is 1.73 bits per heavy atom. The summed E-state index contributed by atoms with van der Waals surface area (Å²) in [7, 11) is -2.17. The lowest BCUT2D eigenvalue weighted by Crippen LogP contribution is -2.50. The number of benzene rings is 3. The van der Waals surface area contributed by atoms with Crippen LogP contribution in [0.1, 0.15) is 23.0 Å². The first kappa shape index (κ1) is 25.5. The van der Waals surface area contributed by atoms with E-state index in [1.807, 2.05) is 0 Å². The Morgan fingerprint density at radius 3 is 2.42 bits per heavy atom. The maximum atomic E-state index is 13.9. The average Bonchev–Trinajstić information content (AvgIpc) is 3.38. The van der Waals surface area contributed by atoms with Gasteiger partial charge >= 0.3 is 0 Å². The number of halogens is 1. The van der Waals surface area contributed by atoms with E-state index in [1.165, 1.54) is 52.5 Å². The lowest BCUT2D eigenvalue weighted by molar-refractivity contribution is -0.122. The number of fused-ring (bicyclic) bond motifs is 4. The molecule has 0 bridgehead atoms. The number of hydrogen-bond acceptors (Lipinski definition) is 6. The molecule has 0 aliphatic carbocycles. The molecular weight excluding hydrogens is 535 g/mol. The highest BCUT2D eigenvalue weighted by molar-refractivity contribution is 7.89. The van der Waals surface area contributed by atoms with Gasteiger partial charge in [0.1, 0.15) is 22.8 Å². The van der Waals surface area contributed by atoms with Crippen LogP contribution in [0.4, 0.5) is 15.8 Å². The van der Waals surface area contributed by atoms with E-state index in [1.54, 1.807) is 49.4 Å². The first-order valence-corrected chi connectivity index (χ1v) is 14.1. The van der Waals surface area contributed by atoms with Crippen molar-refractivity contribution in [3.8, 4) is 5.75 Å². The Hall–Kier alpha value is -4.77. The van der Waals surface area contributed by atoms with Gasteiger partial charge in [0.2, 0.25) is 10.0 Å². The number of carbonyl (C=O) groups is 2. The van der Waals surface area contributed by atoms with Crippen molar-refractivity contribution in [1.29, 1.82) is 0 Å². The monoisotopic (exact) mass is 558 g/mol. The molecule has 40 heavy (non-hydrogen) atoms. The second kappa shape index (κ2) is 8.88. The van der Waals surface area contributed by atoms with Gasteiger partial charge in [-0.15, -0.1) is 0 Å². The maximum absolute atomic E-state index is 13.9. The molecule has 2 aromatic heterocycles.